The number of benzene rings is 3. The zero-order valence-electron chi connectivity index (χ0n) is 21.7. The summed E-state index contributed by atoms with van der Waals surface area (Å²) >= 11 is 6.62. The van der Waals surface area contributed by atoms with Crippen molar-refractivity contribution in [3.05, 3.63) is 87.9 Å². The van der Waals surface area contributed by atoms with Gasteiger partial charge in [0.25, 0.3) is 5.91 Å². The lowest BCUT2D eigenvalue weighted by Gasteiger charge is -2.43. The fourth-order valence-corrected chi connectivity index (χ4v) is 8.20. The lowest BCUT2D eigenvalue weighted by molar-refractivity contribution is -0.137. The van der Waals surface area contributed by atoms with Crippen LogP contribution in [0.3, 0.4) is 0 Å². The summed E-state index contributed by atoms with van der Waals surface area (Å²) in [6.45, 7) is 4.75. The van der Waals surface area contributed by atoms with E-state index in [-0.39, 0.29) is 23.6 Å². The Bertz CT molecular complexity index is 1590. The predicted octanol–water partition coefficient (Wildman–Crippen LogP) is 5.06. The maximum absolute atomic E-state index is 14.8. The molecule has 2 fully saturated rings. The monoisotopic (exact) mass is 541 g/mol. The molecule has 198 valence electrons. The average molecular weight is 542 g/mol. The van der Waals surface area contributed by atoms with Gasteiger partial charge < -0.3 is 15.4 Å². The molecule has 39 heavy (non-hydrogen) atoms. The van der Waals surface area contributed by atoms with E-state index in [1.165, 1.54) is 0 Å². The second kappa shape index (κ2) is 8.41. The van der Waals surface area contributed by atoms with Crippen molar-refractivity contribution in [2.75, 3.05) is 23.8 Å². The Morgan fingerprint density at radius 2 is 1.82 bits per heavy atom. The Balaban J connectivity index is 1.59. The first-order valence-corrected chi connectivity index (χ1v) is 13.8. The first-order chi connectivity index (χ1) is 18.9. The number of carbonyl (C=O) groups is 3. The molecule has 8 heteroatoms. The number of nitrogens with zero attached hydrogens (tertiary/aromatic N) is 1. The smallest absolute Gasteiger partial charge is 0.251 e. The summed E-state index contributed by atoms with van der Waals surface area (Å²) in [6.07, 6.45) is 1.50. The van der Waals surface area contributed by atoms with Crippen LogP contribution in [0, 0.1) is 12.8 Å². The Morgan fingerprint density at radius 3 is 2.64 bits per heavy atom. The number of anilines is 2. The van der Waals surface area contributed by atoms with Crippen LogP contribution in [0.1, 0.15) is 46.8 Å². The number of aryl methyl sites for hydroxylation is 1. The molecule has 4 aliphatic heterocycles. The molecule has 0 unspecified atom stereocenters. The SMILES string of the molecule is CCOc1ccccc1C(=O)[C@H]1[C@H]2CCCN2[C@@]2(C(=O)Nc3c(C)cc(Cl)cc32)[C@]12C(=O)Nc1ccccc12. The number of ketones is 1. The number of hydrogen-bond donors (Lipinski definition) is 2. The van der Waals surface area contributed by atoms with Gasteiger partial charge in [0.15, 0.2) is 5.78 Å². The quantitative estimate of drug-likeness (QED) is 0.451. The van der Waals surface area contributed by atoms with Crippen LogP contribution in [0.15, 0.2) is 60.7 Å². The molecule has 2 saturated heterocycles. The summed E-state index contributed by atoms with van der Waals surface area (Å²) in [6, 6.07) is 17.9. The van der Waals surface area contributed by atoms with Crippen LogP contribution in [-0.2, 0) is 20.5 Å². The van der Waals surface area contributed by atoms with Crippen LogP contribution in [0.25, 0.3) is 0 Å². The molecule has 2 N–H and O–H groups in total. The van der Waals surface area contributed by atoms with Crippen molar-refractivity contribution in [1.82, 2.24) is 4.90 Å². The number of halogens is 1. The zero-order chi connectivity index (χ0) is 27.1. The fourth-order valence-electron chi connectivity index (χ4n) is 7.93. The molecule has 7 nitrogen and oxygen atoms in total. The van der Waals surface area contributed by atoms with Crippen molar-refractivity contribution in [2.24, 2.45) is 5.92 Å². The first kappa shape index (κ1) is 24.4. The standard InChI is InChI=1S/C31H28ClN3O4/c1-3-39-24-13-7-4-9-19(24)27(36)25-23-12-8-14-35(23)31(21-16-18(32)15-17(2)26(21)34-29(31)38)30(25)20-10-5-6-11-22(20)33-28(30)37/h4-7,9-11,13,15-16,23,25H,3,8,12,14H2,1-2H3,(H,33,37)(H,34,38)/t23-,25-,30+,31+/m1/s1. The highest BCUT2D eigenvalue weighted by Gasteiger charge is 2.81. The van der Waals surface area contributed by atoms with E-state index < -0.39 is 16.9 Å². The molecule has 0 aromatic heterocycles. The molecule has 0 saturated carbocycles. The van der Waals surface area contributed by atoms with Gasteiger partial charge >= 0.3 is 0 Å². The summed E-state index contributed by atoms with van der Waals surface area (Å²) in [5, 5.41) is 6.66. The van der Waals surface area contributed by atoms with E-state index in [1.807, 2.05) is 56.3 Å². The third kappa shape index (κ3) is 2.84. The second-order valence-electron chi connectivity index (χ2n) is 10.8. The van der Waals surface area contributed by atoms with Crippen molar-refractivity contribution in [3.8, 4) is 5.75 Å². The minimum absolute atomic E-state index is 0.195. The highest BCUT2D eigenvalue weighted by molar-refractivity contribution is 6.31. The minimum atomic E-state index is -1.52. The molecule has 3 aromatic carbocycles. The van der Waals surface area contributed by atoms with Crippen LogP contribution in [-0.4, -0.2) is 41.7 Å². The summed E-state index contributed by atoms with van der Waals surface area (Å²) in [4.78, 5) is 46.1. The molecule has 0 radical (unpaired) electrons. The Morgan fingerprint density at radius 1 is 1.05 bits per heavy atom. The number of nitrogens with one attached hydrogen (secondary N) is 2. The molecule has 4 aliphatic rings. The molecule has 4 heterocycles. The lowest BCUT2D eigenvalue weighted by Crippen LogP contribution is -2.62. The molecule has 7 rings (SSSR count). The van der Waals surface area contributed by atoms with Crippen molar-refractivity contribution in [3.63, 3.8) is 0 Å². The van der Waals surface area contributed by atoms with E-state index in [0.29, 0.717) is 58.4 Å². The van der Waals surface area contributed by atoms with E-state index >= 15 is 0 Å². The summed E-state index contributed by atoms with van der Waals surface area (Å²) in [5.41, 5.74) is 0.881. The van der Waals surface area contributed by atoms with Crippen LogP contribution in [0.2, 0.25) is 5.02 Å². The van der Waals surface area contributed by atoms with Gasteiger partial charge in [-0.15, -0.1) is 0 Å². The van der Waals surface area contributed by atoms with E-state index in [0.717, 1.165) is 12.0 Å². The maximum atomic E-state index is 14.8. The molecule has 2 amide bonds. The molecular weight excluding hydrogens is 514 g/mol. The van der Waals surface area contributed by atoms with Gasteiger partial charge in [0.1, 0.15) is 16.7 Å². The molecule has 2 spiro atoms. The number of rotatable bonds is 4. The van der Waals surface area contributed by atoms with Gasteiger partial charge in [-0.25, -0.2) is 0 Å². The largest absolute Gasteiger partial charge is 0.493 e. The molecule has 3 aromatic rings. The van der Waals surface area contributed by atoms with E-state index in [4.69, 9.17) is 16.3 Å². The van der Waals surface area contributed by atoms with E-state index in [2.05, 4.69) is 15.5 Å². The van der Waals surface area contributed by atoms with Crippen LogP contribution >= 0.6 is 11.6 Å². The van der Waals surface area contributed by atoms with Crippen molar-refractivity contribution in [1.29, 1.82) is 0 Å². The van der Waals surface area contributed by atoms with Gasteiger partial charge in [-0.05, 0) is 74.7 Å². The molecular formula is C31H28ClN3O4. The van der Waals surface area contributed by atoms with E-state index in [1.54, 1.807) is 18.2 Å². The Labute approximate surface area is 231 Å². The normalized spacial score (nSPS) is 28.4. The number of carbonyl (C=O) groups excluding carboxylic acids is 3. The fraction of sp³-hybridized carbons (Fsp3) is 0.323. The number of fused-ring (bicyclic) bond motifs is 7. The van der Waals surface area contributed by atoms with Crippen LogP contribution in [0.4, 0.5) is 11.4 Å². The van der Waals surface area contributed by atoms with Crippen LogP contribution < -0.4 is 15.4 Å². The summed E-state index contributed by atoms with van der Waals surface area (Å²) in [7, 11) is 0. The Hall–Kier alpha value is -3.68. The Kier molecular flexibility index (Phi) is 5.25. The van der Waals surface area contributed by atoms with Crippen LogP contribution in [0.5, 0.6) is 5.75 Å². The minimum Gasteiger partial charge on any atom is -0.493 e. The number of amides is 2. The van der Waals surface area contributed by atoms with Crippen molar-refractivity contribution < 1.29 is 19.1 Å². The van der Waals surface area contributed by atoms with Gasteiger partial charge in [0.2, 0.25) is 5.91 Å². The highest BCUT2D eigenvalue weighted by atomic mass is 35.5. The topological polar surface area (TPSA) is 87.7 Å². The van der Waals surface area contributed by atoms with Gasteiger partial charge in [0, 0.05) is 28.0 Å². The summed E-state index contributed by atoms with van der Waals surface area (Å²) < 4.78 is 5.87. The van der Waals surface area contributed by atoms with Gasteiger partial charge in [-0.2, -0.15) is 0 Å². The lowest BCUT2D eigenvalue weighted by atomic mass is 9.57. The zero-order valence-corrected chi connectivity index (χ0v) is 22.5. The number of ether oxygens (including phenoxy) is 1. The van der Waals surface area contributed by atoms with Gasteiger partial charge in [-0.3, -0.25) is 19.3 Å². The number of hydrogen-bond acceptors (Lipinski definition) is 5. The van der Waals surface area contributed by atoms with Crippen molar-refractivity contribution >= 4 is 40.6 Å². The average Bonchev–Trinajstić information content (AvgIpc) is 3.64. The highest BCUT2D eigenvalue weighted by Crippen LogP contribution is 2.68. The molecule has 0 aliphatic carbocycles. The molecule has 4 atom stereocenters. The third-order valence-electron chi connectivity index (χ3n) is 9.10. The third-order valence-corrected chi connectivity index (χ3v) is 9.32. The van der Waals surface area contributed by atoms with Crippen molar-refractivity contribution in [2.45, 2.75) is 43.7 Å². The summed E-state index contributed by atoms with van der Waals surface area (Å²) in [5.74, 6) is -1.19. The number of Topliss-reactive ketones (excluding diaryl/α,β-unsaturated/α-hetero) is 1. The van der Waals surface area contributed by atoms with E-state index in [9.17, 15) is 14.4 Å². The first-order valence-electron chi connectivity index (χ1n) is 13.4. The van der Waals surface area contributed by atoms with Gasteiger partial charge in [0.05, 0.1) is 18.1 Å². The second-order valence-corrected chi connectivity index (χ2v) is 11.2. The predicted molar refractivity (Wildman–Crippen MR) is 148 cm³/mol. The molecule has 0 bridgehead atoms. The van der Waals surface area contributed by atoms with Gasteiger partial charge in [-0.1, -0.05) is 41.9 Å². The maximum Gasteiger partial charge on any atom is 0.251 e. The number of para-hydroxylation sites is 2.